The van der Waals surface area contributed by atoms with Crippen molar-refractivity contribution in [1.82, 2.24) is 5.32 Å². The largest absolute Gasteiger partial charge is 0.349 e. The number of benzene rings is 1. The van der Waals surface area contributed by atoms with Crippen LogP contribution >= 0.6 is 23.2 Å². The molecule has 0 atom stereocenters. The molecule has 1 aliphatic rings. The standard InChI is InChI=1S/C16H22Cl2N2O/c1-15(2)8-11(9-16(3,4)20-15)19-14(21)12-6-5-10(17)7-13(12)18/h5-7,11,20H,8-9H2,1-4H3,(H,19,21)/p+1. The van der Waals surface area contributed by atoms with Crippen LogP contribution in [0.15, 0.2) is 18.2 Å². The summed E-state index contributed by atoms with van der Waals surface area (Å²) in [4.78, 5) is 12.4. The second kappa shape index (κ2) is 5.79. The summed E-state index contributed by atoms with van der Waals surface area (Å²) in [5.41, 5.74) is 0.707. The van der Waals surface area contributed by atoms with Crippen molar-refractivity contribution in [3.8, 4) is 0 Å². The van der Waals surface area contributed by atoms with Gasteiger partial charge in [-0.05, 0) is 45.9 Å². The van der Waals surface area contributed by atoms with Crippen molar-refractivity contribution >= 4 is 29.1 Å². The molecule has 0 aromatic heterocycles. The van der Waals surface area contributed by atoms with E-state index in [1.165, 1.54) is 0 Å². The fraction of sp³-hybridized carbons (Fsp3) is 0.562. The summed E-state index contributed by atoms with van der Waals surface area (Å²) in [5, 5.41) is 6.43. The van der Waals surface area contributed by atoms with E-state index in [0.717, 1.165) is 12.8 Å². The summed E-state index contributed by atoms with van der Waals surface area (Å²) < 4.78 is 0. The first kappa shape index (κ1) is 16.6. The monoisotopic (exact) mass is 329 g/mol. The number of nitrogens with two attached hydrogens (primary N) is 1. The summed E-state index contributed by atoms with van der Waals surface area (Å²) in [6.07, 6.45) is 1.88. The van der Waals surface area contributed by atoms with E-state index in [-0.39, 0.29) is 23.0 Å². The number of nitrogens with one attached hydrogen (secondary N) is 1. The van der Waals surface area contributed by atoms with Crippen LogP contribution in [0.2, 0.25) is 10.0 Å². The summed E-state index contributed by atoms with van der Waals surface area (Å²) >= 11 is 12.0. The van der Waals surface area contributed by atoms with Gasteiger partial charge in [-0.15, -0.1) is 0 Å². The number of carbonyl (C=O) groups is 1. The van der Waals surface area contributed by atoms with Crippen LogP contribution < -0.4 is 10.6 Å². The van der Waals surface area contributed by atoms with Gasteiger partial charge in [-0.25, -0.2) is 0 Å². The van der Waals surface area contributed by atoms with Crippen LogP contribution in [0.3, 0.4) is 0 Å². The highest BCUT2D eigenvalue weighted by Gasteiger charge is 2.42. The van der Waals surface area contributed by atoms with E-state index in [0.29, 0.717) is 15.6 Å². The van der Waals surface area contributed by atoms with E-state index in [9.17, 15) is 4.79 Å². The van der Waals surface area contributed by atoms with E-state index in [4.69, 9.17) is 23.2 Å². The van der Waals surface area contributed by atoms with Crippen LogP contribution in [0.25, 0.3) is 0 Å². The lowest BCUT2D eigenvalue weighted by atomic mass is 9.79. The molecule has 5 heteroatoms. The zero-order valence-corrected chi connectivity index (χ0v) is 14.5. The fourth-order valence-corrected chi connectivity index (χ4v) is 4.05. The molecule has 0 bridgehead atoms. The lowest BCUT2D eigenvalue weighted by Gasteiger charge is -2.43. The Morgan fingerprint density at radius 2 is 1.76 bits per heavy atom. The minimum absolute atomic E-state index is 0.115. The van der Waals surface area contributed by atoms with Gasteiger partial charge in [-0.2, -0.15) is 0 Å². The predicted octanol–water partition coefficient (Wildman–Crippen LogP) is 3.01. The molecule has 0 saturated carbocycles. The Balaban J connectivity index is 2.12. The molecular weight excluding hydrogens is 307 g/mol. The lowest BCUT2D eigenvalue weighted by Crippen LogP contribution is -3.06. The van der Waals surface area contributed by atoms with Gasteiger partial charge in [0, 0.05) is 23.9 Å². The molecule has 3 N–H and O–H groups in total. The number of halogens is 2. The van der Waals surface area contributed by atoms with Gasteiger partial charge in [0.05, 0.1) is 21.7 Å². The minimum atomic E-state index is -0.129. The Hall–Kier alpha value is -0.770. The molecule has 3 nitrogen and oxygen atoms in total. The fourth-order valence-electron chi connectivity index (χ4n) is 3.56. The van der Waals surface area contributed by atoms with Gasteiger partial charge in [-0.1, -0.05) is 23.2 Å². The van der Waals surface area contributed by atoms with Crippen molar-refractivity contribution in [3.05, 3.63) is 33.8 Å². The molecule has 1 amide bonds. The Labute approximate surface area is 136 Å². The summed E-state index contributed by atoms with van der Waals surface area (Å²) in [5.74, 6) is -0.129. The van der Waals surface area contributed by atoms with Gasteiger partial charge in [0.2, 0.25) is 0 Å². The maximum Gasteiger partial charge on any atom is 0.253 e. The molecule has 0 spiro atoms. The SMILES string of the molecule is CC1(C)CC(NC(=O)c2ccc(Cl)cc2Cl)CC(C)(C)[NH2+]1. The van der Waals surface area contributed by atoms with Crippen molar-refractivity contribution < 1.29 is 10.1 Å². The third kappa shape index (κ3) is 4.35. The second-order valence-corrected chi connectivity index (χ2v) is 8.17. The smallest absolute Gasteiger partial charge is 0.253 e. The summed E-state index contributed by atoms with van der Waals surface area (Å²) in [6.45, 7) is 8.84. The molecule has 0 unspecified atom stereocenters. The van der Waals surface area contributed by atoms with Crippen LogP contribution in [0, 0.1) is 0 Å². The van der Waals surface area contributed by atoms with Crippen LogP contribution in [0.1, 0.15) is 50.9 Å². The maximum atomic E-state index is 12.4. The third-order valence-electron chi connectivity index (χ3n) is 3.84. The van der Waals surface area contributed by atoms with E-state index in [1.807, 2.05) is 0 Å². The van der Waals surface area contributed by atoms with Gasteiger partial charge in [0.25, 0.3) is 5.91 Å². The third-order valence-corrected chi connectivity index (χ3v) is 4.39. The van der Waals surface area contributed by atoms with E-state index in [1.54, 1.807) is 18.2 Å². The topological polar surface area (TPSA) is 45.7 Å². The van der Waals surface area contributed by atoms with Crippen LogP contribution in [-0.4, -0.2) is 23.0 Å². The molecular formula is C16H23Cl2N2O+. The highest BCUT2D eigenvalue weighted by atomic mass is 35.5. The molecule has 116 valence electrons. The molecule has 0 aliphatic carbocycles. The van der Waals surface area contributed by atoms with E-state index in [2.05, 4.69) is 38.3 Å². The molecule has 1 aromatic rings. The van der Waals surface area contributed by atoms with Crippen LogP contribution in [-0.2, 0) is 0 Å². The minimum Gasteiger partial charge on any atom is -0.349 e. The summed E-state index contributed by atoms with van der Waals surface area (Å²) in [6, 6.07) is 5.11. The Morgan fingerprint density at radius 3 is 2.29 bits per heavy atom. The second-order valence-electron chi connectivity index (χ2n) is 7.32. The molecule has 1 heterocycles. The Bertz CT molecular complexity index is 539. The zero-order chi connectivity index (χ0) is 15.8. The molecule has 1 aromatic carbocycles. The molecule has 2 rings (SSSR count). The van der Waals surface area contributed by atoms with Crippen molar-refractivity contribution in [1.29, 1.82) is 0 Å². The first-order chi connectivity index (χ1) is 9.58. The highest BCUT2D eigenvalue weighted by molar-refractivity contribution is 6.36. The summed E-state index contributed by atoms with van der Waals surface area (Å²) in [7, 11) is 0. The molecule has 21 heavy (non-hydrogen) atoms. The quantitative estimate of drug-likeness (QED) is 0.860. The van der Waals surface area contributed by atoms with Crippen molar-refractivity contribution in [2.24, 2.45) is 0 Å². The number of carbonyl (C=O) groups excluding carboxylic acids is 1. The first-order valence-electron chi connectivity index (χ1n) is 7.21. The lowest BCUT2D eigenvalue weighted by molar-refractivity contribution is -0.787. The van der Waals surface area contributed by atoms with Crippen LogP contribution in [0.4, 0.5) is 0 Å². The molecule has 1 saturated heterocycles. The van der Waals surface area contributed by atoms with E-state index < -0.39 is 0 Å². The van der Waals surface area contributed by atoms with Gasteiger partial charge in [0.15, 0.2) is 0 Å². The molecule has 1 fully saturated rings. The normalized spacial score (nSPS) is 21.0. The Kier molecular flexibility index (Phi) is 4.57. The number of piperidine rings is 1. The zero-order valence-electron chi connectivity index (χ0n) is 13.0. The average Bonchev–Trinajstić information content (AvgIpc) is 2.23. The van der Waals surface area contributed by atoms with E-state index >= 15 is 0 Å². The number of amides is 1. The van der Waals surface area contributed by atoms with Crippen molar-refractivity contribution in [2.45, 2.75) is 57.7 Å². The van der Waals surface area contributed by atoms with Gasteiger partial charge >= 0.3 is 0 Å². The molecule has 1 aliphatic heterocycles. The van der Waals surface area contributed by atoms with Gasteiger partial charge in [0.1, 0.15) is 0 Å². The number of rotatable bonds is 2. The van der Waals surface area contributed by atoms with Crippen molar-refractivity contribution in [2.75, 3.05) is 0 Å². The highest BCUT2D eigenvalue weighted by Crippen LogP contribution is 2.24. The number of hydrogen-bond acceptors (Lipinski definition) is 1. The number of hydrogen-bond donors (Lipinski definition) is 2. The average molecular weight is 330 g/mol. The first-order valence-corrected chi connectivity index (χ1v) is 7.97. The van der Waals surface area contributed by atoms with Gasteiger partial charge in [-0.3, -0.25) is 4.79 Å². The number of quaternary nitrogens is 1. The van der Waals surface area contributed by atoms with Crippen LogP contribution in [0.5, 0.6) is 0 Å². The van der Waals surface area contributed by atoms with Gasteiger partial charge < -0.3 is 10.6 Å². The Morgan fingerprint density at radius 1 is 1.19 bits per heavy atom. The molecule has 0 radical (unpaired) electrons. The predicted molar refractivity (Wildman–Crippen MR) is 87.0 cm³/mol. The maximum absolute atomic E-state index is 12.4. The van der Waals surface area contributed by atoms with Crippen molar-refractivity contribution in [3.63, 3.8) is 0 Å².